The Labute approximate surface area is 135 Å². The Hall–Kier alpha value is -0.260. The fraction of sp³-hybridized carbons (Fsp3) is 0.905. The third kappa shape index (κ3) is 12.0. The molecule has 0 spiro atoms. The summed E-state index contributed by atoms with van der Waals surface area (Å²) in [4.78, 5) is 0. The van der Waals surface area contributed by atoms with Crippen LogP contribution in [0, 0.1) is 29.6 Å². The van der Waals surface area contributed by atoms with E-state index in [1.54, 1.807) is 0 Å². The lowest BCUT2D eigenvalue weighted by atomic mass is 9.82. The van der Waals surface area contributed by atoms with Crippen molar-refractivity contribution >= 4 is 0 Å². The maximum absolute atomic E-state index is 2.46. The quantitative estimate of drug-likeness (QED) is 0.346. The zero-order chi connectivity index (χ0) is 16.4. The van der Waals surface area contributed by atoms with Gasteiger partial charge in [0.2, 0.25) is 0 Å². The summed E-state index contributed by atoms with van der Waals surface area (Å²) in [6.07, 6.45) is 10.7. The second-order valence-electron chi connectivity index (χ2n) is 8.37. The topological polar surface area (TPSA) is 0 Å². The molecule has 21 heavy (non-hydrogen) atoms. The predicted molar refractivity (Wildman–Crippen MR) is 98.6 cm³/mol. The SMILES string of the molecule is CCCC(C)CC(C)CC(C)CC(C)CC(C)C=C(C)C. The summed E-state index contributed by atoms with van der Waals surface area (Å²) < 4.78 is 0. The largest absolute Gasteiger partial charge is 0.0830 e. The molecule has 0 nitrogen and oxygen atoms in total. The van der Waals surface area contributed by atoms with Crippen molar-refractivity contribution in [1.82, 2.24) is 0 Å². The molecule has 0 saturated heterocycles. The van der Waals surface area contributed by atoms with Gasteiger partial charge in [-0.15, -0.1) is 0 Å². The first-order valence-electron chi connectivity index (χ1n) is 9.39. The first kappa shape index (κ1) is 20.7. The Kier molecular flexibility index (Phi) is 11.2. The van der Waals surface area contributed by atoms with Crippen molar-refractivity contribution in [2.75, 3.05) is 0 Å². The molecule has 0 amide bonds. The van der Waals surface area contributed by atoms with Gasteiger partial charge < -0.3 is 0 Å². The van der Waals surface area contributed by atoms with Gasteiger partial charge in [0.05, 0.1) is 0 Å². The molecule has 5 unspecified atom stereocenters. The molecule has 0 aliphatic carbocycles. The van der Waals surface area contributed by atoms with E-state index < -0.39 is 0 Å². The minimum atomic E-state index is 0.735. The van der Waals surface area contributed by atoms with E-state index in [-0.39, 0.29) is 0 Å². The molecule has 0 heteroatoms. The molecule has 5 atom stereocenters. The van der Waals surface area contributed by atoms with E-state index >= 15 is 0 Å². The van der Waals surface area contributed by atoms with Crippen LogP contribution in [0.1, 0.15) is 93.9 Å². The van der Waals surface area contributed by atoms with E-state index in [1.165, 1.54) is 44.1 Å². The molecule has 0 N–H and O–H groups in total. The average molecular weight is 295 g/mol. The van der Waals surface area contributed by atoms with Gasteiger partial charge in [0.1, 0.15) is 0 Å². The highest BCUT2D eigenvalue weighted by atomic mass is 14.2. The van der Waals surface area contributed by atoms with Crippen molar-refractivity contribution in [2.45, 2.75) is 93.9 Å². The molecule has 0 rings (SSSR count). The lowest BCUT2D eigenvalue weighted by Crippen LogP contribution is -2.11. The molecular weight excluding hydrogens is 252 g/mol. The van der Waals surface area contributed by atoms with E-state index in [0.29, 0.717) is 0 Å². The van der Waals surface area contributed by atoms with Crippen LogP contribution in [-0.4, -0.2) is 0 Å². The van der Waals surface area contributed by atoms with Crippen molar-refractivity contribution in [1.29, 1.82) is 0 Å². The number of allylic oxidation sites excluding steroid dienone is 2. The minimum Gasteiger partial charge on any atom is -0.0830 e. The van der Waals surface area contributed by atoms with Gasteiger partial charge in [-0.05, 0) is 69.1 Å². The molecule has 0 bridgehead atoms. The van der Waals surface area contributed by atoms with Crippen LogP contribution in [0.4, 0.5) is 0 Å². The summed E-state index contributed by atoms with van der Waals surface area (Å²) >= 11 is 0. The van der Waals surface area contributed by atoms with Gasteiger partial charge in [0, 0.05) is 0 Å². The lowest BCUT2D eigenvalue weighted by Gasteiger charge is -2.23. The molecule has 0 aromatic rings. The zero-order valence-corrected chi connectivity index (χ0v) is 16.2. The standard InChI is InChI=1S/C21H42/c1-9-10-17(4)12-19(6)14-21(8)15-20(7)13-18(5)11-16(2)3/h11,17-21H,9-10,12-15H2,1-8H3. The molecule has 0 fully saturated rings. The Bertz CT molecular complexity index is 272. The molecule has 0 aromatic heterocycles. The Morgan fingerprint density at radius 2 is 1.14 bits per heavy atom. The van der Waals surface area contributed by atoms with Crippen molar-refractivity contribution in [3.05, 3.63) is 11.6 Å². The van der Waals surface area contributed by atoms with Gasteiger partial charge in [-0.3, -0.25) is 0 Å². The maximum atomic E-state index is 2.46. The predicted octanol–water partition coefficient (Wildman–Crippen LogP) is 7.49. The molecule has 0 saturated carbocycles. The lowest BCUT2D eigenvalue weighted by molar-refractivity contribution is 0.289. The van der Waals surface area contributed by atoms with Crippen LogP contribution in [-0.2, 0) is 0 Å². The fourth-order valence-electron chi connectivity index (χ4n) is 4.23. The van der Waals surface area contributed by atoms with Crippen LogP contribution in [0.2, 0.25) is 0 Å². The van der Waals surface area contributed by atoms with Crippen molar-refractivity contribution < 1.29 is 0 Å². The first-order valence-corrected chi connectivity index (χ1v) is 9.39. The van der Waals surface area contributed by atoms with E-state index in [9.17, 15) is 0 Å². The Balaban J connectivity index is 4.01. The number of rotatable bonds is 11. The normalized spacial score (nSPS) is 18.7. The van der Waals surface area contributed by atoms with Crippen LogP contribution in [0.3, 0.4) is 0 Å². The third-order valence-electron chi connectivity index (χ3n) is 4.59. The average Bonchev–Trinajstić information content (AvgIpc) is 2.25. The first-order chi connectivity index (χ1) is 9.74. The highest BCUT2D eigenvalue weighted by Gasteiger charge is 2.15. The zero-order valence-electron chi connectivity index (χ0n) is 16.2. The van der Waals surface area contributed by atoms with Gasteiger partial charge in [0.25, 0.3) is 0 Å². The van der Waals surface area contributed by atoms with Crippen LogP contribution >= 0.6 is 0 Å². The van der Waals surface area contributed by atoms with Crippen molar-refractivity contribution in [3.8, 4) is 0 Å². The van der Waals surface area contributed by atoms with E-state index in [2.05, 4.69) is 61.5 Å². The summed E-state index contributed by atoms with van der Waals surface area (Å²) in [5.74, 6) is 4.27. The van der Waals surface area contributed by atoms with Gasteiger partial charge in [-0.1, -0.05) is 66.0 Å². The van der Waals surface area contributed by atoms with E-state index in [1.807, 2.05) is 0 Å². The van der Waals surface area contributed by atoms with E-state index in [4.69, 9.17) is 0 Å². The smallest absolute Gasteiger partial charge is 0.0257 e. The van der Waals surface area contributed by atoms with Crippen molar-refractivity contribution in [3.63, 3.8) is 0 Å². The maximum Gasteiger partial charge on any atom is -0.0257 e. The molecule has 0 radical (unpaired) electrons. The molecule has 0 heterocycles. The summed E-state index contributed by atoms with van der Waals surface area (Å²) in [7, 11) is 0. The molecule has 0 aliphatic heterocycles. The summed E-state index contributed by atoms with van der Waals surface area (Å²) in [6.45, 7) is 18.9. The monoisotopic (exact) mass is 294 g/mol. The van der Waals surface area contributed by atoms with Crippen LogP contribution < -0.4 is 0 Å². The van der Waals surface area contributed by atoms with Gasteiger partial charge in [-0.25, -0.2) is 0 Å². The highest BCUT2D eigenvalue weighted by molar-refractivity contribution is 4.96. The molecule has 0 aliphatic rings. The number of hydrogen-bond acceptors (Lipinski definition) is 0. The molecular formula is C21H42. The van der Waals surface area contributed by atoms with Gasteiger partial charge >= 0.3 is 0 Å². The van der Waals surface area contributed by atoms with Crippen LogP contribution in [0.5, 0.6) is 0 Å². The second-order valence-corrected chi connectivity index (χ2v) is 8.37. The second kappa shape index (κ2) is 11.3. The Morgan fingerprint density at radius 1 is 0.714 bits per heavy atom. The minimum absolute atomic E-state index is 0.735. The summed E-state index contributed by atoms with van der Waals surface area (Å²) in [5, 5.41) is 0. The van der Waals surface area contributed by atoms with Crippen LogP contribution in [0.25, 0.3) is 0 Å². The van der Waals surface area contributed by atoms with Gasteiger partial charge in [0.15, 0.2) is 0 Å². The fourth-order valence-corrected chi connectivity index (χ4v) is 4.23. The summed E-state index contributed by atoms with van der Waals surface area (Å²) in [5.41, 5.74) is 1.46. The van der Waals surface area contributed by atoms with Gasteiger partial charge in [-0.2, -0.15) is 0 Å². The number of hydrogen-bond donors (Lipinski definition) is 0. The molecule has 0 aromatic carbocycles. The van der Waals surface area contributed by atoms with E-state index in [0.717, 1.165) is 29.6 Å². The highest BCUT2D eigenvalue weighted by Crippen LogP contribution is 2.28. The van der Waals surface area contributed by atoms with Crippen molar-refractivity contribution in [2.24, 2.45) is 29.6 Å². The Morgan fingerprint density at radius 3 is 1.57 bits per heavy atom. The summed E-state index contributed by atoms with van der Waals surface area (Å²) in [6, 6.07) is 0. The van der Waals surface area contributed by atoms with Crippen LogP contribution in [0.15, 0.2) is 11.6 Å². The molecule has 126 valence electrons. The third-order valence-corrected chi connectivity index (χ3v) is 4.59.